The molecule has 0 unspecified atom stereocenters. The first kappa shape index (κ1) is 24.7. The summed E-state index contributed by atoms with van der Waals surface area (Å²) in [6.45, 7) is 1.78. The molecular weight excluding hydrogens is 516 g/mol. The van der Waals surface area contributed by atoms with Gasteiger partial charge in [-0.25, -0.2) is 0 Å². The summed E-state index contributed by atoms with van der Waals surface area (Å²) in [5.41, 5.74) is 0.659. The van der Waals surface area contributed by atoms with Crippen LogP contribution in [0.5, 0.6) is 0 Å². The van der Waals surface area contributed by atoms with Crippen LogP contribution >= 0.6 is 58.2 Å². The standard InChI is InChI=1S/C20H17Cl4N5O2S/c1-10(25-19(31)12-5-3-4-6-13(12)22)18-27-28-20(29(18)2)32-9-16(30)26-17-14(23)7-11(21)8-15(17)24/h3-8,10H,9H2,1-2H3,(H,25,31)(H,26,30)/t10-/m0/s1. The number of aromatic nitrogens is 3. The number of amides is 2. The fourth-order valence-corrected chi connectivity index (χ4v) is 4.63. The Balaban J connectivity index is 1.61. The molecule has 0 spiro atoms. The molecule has 2 amide bonds. The maximum absolute atomic E-state index is 12.5. The molecule has 32 heavy (non-hydrogen) atoms. The molecule has 12 heteroatoms. The Morgan fingerprint density at radius 2 is 1.72 bits per heavy atom. The third kappa shape index (κ3) is 5.88. The molecule has 0 aliphatic carbocycles. The van der Waals surface area contributed by atoms with Gasteiger partial charge < -0.3 is 15.2 Å². The molecule has 0 aliphatic heterocycles. The first-order valence-electron chi connectivity index (χ1n) is 9.19. The van der Waals surface area contributed by atoms with Crippen LogP contribution < -0.4 is 10.6 Å². The van der Waals surface area contributed by atoms with Gasteiger partial charge in [0.25, 0.3) is 5.91 Å². The average molecular weight is 533 g/mol. The van der Waals surface area contributed by atoms with Gasteiger partial charge in [0.15, 0.2) is 11.0 Å². The molecule has 0 radical (unpaired) electrons. The molecule has 2 N–H and O–H groups in total. The second kappa shape index (κ2) is 10.8. The van der Waals surface area contributed by atoms with Crippen molar-refractivity contribution in [3.05, 3.63) is 67.9 Å². The van der Waals surface area contributed by atoms with Crippen molar-refractivity contribution >= 4 is 75.7 Å². The highest BCUT2D eigenvalue weighted by atomic mass is 35.5. The van der Waals surface area contributed by atoms with Crippen molar-refractivity contribution in [2.24, 2.45) is 7.05 Å². The third-order valence-corrected chi connectivity index (χ3v) is 6.49. The molecule has 7 nitrogen and oxygen atoms in total. The van der Waals surface area contributed by atoms with E-state index in [0.717, 1.165) is 0 Å². The zero-order chi connectivity index (χ0) is 23.4. The van der Waals surface area contributed by atoms with Gasteiger partial charge >= 0.3 is 0 Å². The Kier molecular flexibility index (Phi) is 8.30. The number of hydrogen-bond acceptors (Lipinski definition) is 5. The van der Waals surface area contributed by atoms with Gasteiger partial charge in [-0.05, 0) is 31.2 Å². The van der Waals surface area contributed by atoms with Crippen LogP contribution in [0.25, 0.3) is 0 Å². The number of anilines is 1. The van der Waals surface area contributed by atoms with Crippen LogP contribution in [0.1, 0.15) is 29.1 Å². The van der Waals surface area contributed by atoms with Gasteiger partial charge in [0, 0.05) is 12.1 Å². The van der Waals surface area contributed by atoms with Gasteiger partial charge in [-0.2, -0.15) is 0 Å². The van der Waals surface area contributed by atoms with Crippen molar-refractivity contribution in [3.8, 4) is 0 Å². The summed E-state index contributed by atoms with van der Waals surface area (Å²) in [6.07, 6.45) is 0. The van der Waals surface area contributed by atoms with Crippen LogP contribution in [0.3, 0.4) is 0 Å². The maximum Gasteiger partial charge on any atom is 0.253 e. The second-order valence-electron chi connectivity index (χ2n) is 6.66. The van der Waals surface area contributed by atoms with E-state index in [-0.39, 0.29) is 33.3 Å². The molecule has 1 heterocycles. The zero-order valence-corrected chi connectivity index (χ0v) is 20.7. The molecule has 0 aliphatic rings. The van der Waals surface area contributed by atoms with E-state index in [1.807, 2.05) is 0 Å². The third-order valence-electron chi connectivity index (χ3n) is 4.33. The Morgan fingerprint density at radius 1 is 1.06 bits per heavy atom. The predicted molar refractivity (Wildman–Crippen MR) is 129 cm³/mol. The summed E-state index contributed by atoms with van der Waals surface area (Å²) in [5, 5.41) is 15.5. The molecule has 0 fully saturated rings. The Morgan fingerprint density at radius 3 is 2.38 bits per heavy atom. The van der Waals surface area contributed by atoms with Crippen LogP contribution in [0, 0.1) is 0 Å². The van der Waals surface area contributed by atoms with Gasteiger partial charge in [0.1, 0.15) is 0 Å². The van der Waals surface area contributed by atoms with Crippen molar-refractivity contribution in [1.82, 2.24) is 20.1 Å². The number of carbonyl (C=O) groups excluding carboxylic acids is 2. The van der Waals surface area contributed by atoms with E-state index in [2.05, 4.69) is 20.8 Å². The van der Waals surface area contributed by atoms with Crippen LogP contribution in [0.2, 0.25) is 20.1 Å². The first-order valence-corrected chi connectivity index (χ1v) is 11.7. The number of nitrogens with zero attached hydrogens (tertiary/aromatic N) is 3. The van der Waals surface area contributed by atoms with Gasteiger partial charge in [0.2, 0.25) is 5.91 Å². The number of halogens is 4. The number of nitrogens with one attached hydrogen (secondary N) is 2. The van der Waals surface area contributed by atoms with Crippen molar-refractivity contribution in [3.63, 3.8) is 0 Å². The average Bonchev–Trinajstić information content (AvgIpc) is 3.09. The number of thioether (sulfide) groups is 1. The molecule has 3 aromatic rings. The van der Waals surface area contributed by atoms with Gasteiger partial charge in [-0.15, -0.1) is 10.2 Å². The van der Waals surface area contributed by atoms with Gasteiger partial charge in [-0.1, -0.05) is 70.3 Å². The Labute approximate surface area is 208 Å². The minimum Gasteiger partial charge on any atom is -0.342 e. The van der Waals surface area contributed by atoms with Gasteiger partial charge in [0.05, 0.1) is 38.1 Å². The van der Waals surface area contributed by atoms with E-state index >= 15 is 0 Å². The summed E-state index contributed by atoms with van der Waals surface area (Å²) in [5.74, 6) is -0.0824. The molecule has 1 aromatic heterocycles. The Hall–Kier alpha value is -1.97. The fraction of sp³-hybridized carbons (Fsp3) is 0.200. The lowest BCUT2D eigenvalue weighted by Crippen LogP contribution is -2.28. The summed E-state index contributed by atoms with van der Waals surface area (Å²) in [4.78, 5) is 24.8. The SMILES string of the molecule is C[C@H](NC(=O)c1ccccc1Cl)c1nnc(SCC(=O)Nc2c(Cl)cc(Cl)cc2Cl)n1C. The minimum atomic E-state index is -0.439. The number of carbonyl (C=O) groups is 2. The lowest BCUT2D eigenvalue weighted by atomic mass is 10.2. The maximum atomic E-state index is 12.5. The highest BCUT2D eigenvalue weighted by Crippen LogP contribution is 2.34. The molecule has 168 valence electrons. The van der Waals surface area contributed by atoms with E-state index in [4.69, 9.17) is 46.4 Å². The van der Waals surface area contributed by atoms with E-state index in [1.54, 1.807) is 42.8 Å². The fourth-order valence-electron chi connectivity index (χ4n) is 2.78. The molecule has 0 bridgehead atoms. The van der Waals surface area contributed by atoms with Crippen molar-refractivity contribution in [1.29, 1.82) is 0 Å². The monoisotopic (exact) mass is 531 g/mol. The van der Waals surface area contributed by atoms with E-state index in [0.29, 0.717) is 26.6 Å². The molecule has 0 saturated heterocycles. The van der Waals surface area contributed by atoms with E-state index in [1.165, 1.54) is 23.9 Å². The molecular formula is C20H17Cl4N5O2S. The number of benzene rings is 2. The first-order chi connectivity index (χ1) is 15.2. The van der Waals surface area contributed by atoms with Crippen LogP contribution in [-0.4, -0.2) is 32.3 Å². The van der Waals surface area contributed by atoms with Crippen molar-refractivity contribution in [2.45, 2.75) is 18.1 Å². The normalized spacial score (nSPS) is 11.8. The molecule has 3 rings (SSSR count). The molecule has 1 atom stereocenters. The highest BCUT2D eigenvalue weighted by molar-refractivity contribution is 7.99. The smallest absolute Gasteiger partial charge is 0.253 e. The number of rotatable bonds is 7. The predicted octanol–water partition coefficient (Wildman–Crippen LogP) is 5.65. The lowest BCUT2D eigenvalue weighted by molar-refractivity contribution is -0.113. The number of hydrogen-bond donors (Lipinski definition) is 2. The summed E-state index contributed by atoms with van der Waals surface area (Å²) in [7, 11) is 1.75. The summed E-state index contributed by atoms with van der Waals surface area (Å²) in [6, 6.07) is 9.31. The van der Waals surface area contributed by atoms with Crippen molar-refractivity contribution < 1.29 is 9.59 Å². The van der Waals surface area contributed by atoms with E-state index in [9.17, 15) is 9.59 Å². The molecule has 2 aromatic carbocycles. The second-order valence-corrected chi connectivity index (χ2v) is 9.26. The topological polar surface area (TPSA) is 88.9 Å². The molecule has 0 saturated carbocycles. The quantitative estimate of drug-likeness (QED) is 0.384. The zero-order valence-electron chi connectivity index (χ0n) is 16.8. The van der Waals surface area contributed by atoms with Gasteiger partial charge in [-0.3, -0.25) is 9.59 Å². The van der Waals surface area contributed by atoms with Crippen molar-refractivity contribution in [2.75, 3.05) is 11.1 Å². The lowest BCUT2D eigenvalue weighted by Gasteiger charge is -2.14. The van der Waals surface area contributed by atoms with Crippen LogP contribution in [-0.2, 0) is 11.8 Å². The summed E-state index contributed by atoms with van der Waals surface area (Å²) >= 11 is 25.3. The Bertz CT molecular complexity index is 1150. The van der Waals surface area contributed by atoms with Crippen LogP contribution in [0.4, 0.5) is 5.69 Å². The largest absolute Gasteiger partial charge is 0.342 e. The van der Waals surface area contributed by atoms with E-state index < -0.39 is 6.04 Å². The highest BCUT2D eigenvalue weighted by Gasteiger charge is 2.20. The summed E-state index contributed by atoms with van der Waals surface area (Å²) < 4.78 is 1.71. The minimum absolute atomic E-state index is 0.0433. The van der Waals surface area contributed by atoms with Crippen LogP contribution in [0.15, 0.2) is 41.6 Å².